The molecule has 1 N–H and O–H groups in total. The Morgan fingerprint density at radius 1 is 1.24 bits per heavy atom. The van der Waals surface area contributed by atoms with E-state index in [-0.39, 0.29) is 16.5 Å². The number of amides is 1. The molecule has 0 aromatic heterocycles. The van der Waals surface area contributed by atoms with Crippen molar-refractivity contribution in [2.75, 3.05) is 14.2 Å². The Morgan fingerprint density at radius 2 is 1.94 bits per heavy atom. The fourth-order valence-electron chi connectivity index (χ4n) is 1.72. The Bertz CT molecular complexity index is 436. The van der Waals surface area contributed by atoms with Crippen molar-refractivity contribution in [1.82, 2.24) is 5.32 Å². The van der Waals surface area contributed by atoms with E-state index in [2.05, 4.69) is 5.32 Å². The zero-order chi connectivity index (χ0) is 12.4. The van der Waals surface area contributed by atoms with Gasteiger partial charge >= 0.3 is 0 Å². The fourth-order valence-corrected chi connectivity index (χ4v) is 2.81. The first-order chi connectivity index (χ1) is 8.15. The highest BCUT2D eigenvalue weighted by Crippen LogP contribution is 2.38. The molecule has 2 unspecified atom stereocenters. The molecule has 1 fully saturated rings. The number of carbonyl (C=O) groups is 1. The molecule has 0 spiro atoms. The van der Waals surface area contributed by atoms with Crippen molar-refractivity contribution in [3.05, 3.63) is 23.8 Å². The maximum absolute atomic E-state index is 11.4. The maximum Gasteiger partial charge on any atom is 0.234 e. The summed E-state index contributed by atoms with van der Waals surface area (Å²) in [6, 6.07) is 5.69. The minimum Gasteiger partial charge on any atom is -0.493 e. The average Bonchev–Trinajstić information content (AvgIpc) is 2.68. The van der Waals surface area contributed by atoms with Crippen molar-refractivity contribution in [3.63, 3.8) is 0 Å². The van der Waals surface area contributed by atoms with Crippen molar-refractivity contribution >= 4 is 17.7 Å². The second-order valence-electron chi connectivity index (χ2n) is 3.78. The van der Waals surface area contributed by atoms with Gasteiger partial charge in [0.25, 0.3) is 0 Å². The summed E-state index contributed by atoms with van der Waals surface area (Å²) in [7, 11) is 3.20. The van der Waals surface area contributed by atoms with Crippen LogP contribution in [0.5, 0.6) is 11.5 Å². The van der Waals surface area contributed by atoms with Crippen LogP contribution in [0.3, 0.4) is 0 Å². The van der Waals surface area contributed by atoms with Crippen LogP contribution in [0.1, 0.15) is 17.9 Å². The number of nitrogens with one attached hydrogen (secondary N) is 1. The van der Waals surface area contributed by atoms with Crippen LogP contribution in [0.4, 0.5) is 0 Å². The normalized spacial score (nSPS) is 23.4. The molecule has 0 bridgehead atoms. The van der Waals surface area contributed by atoms with E-state index in [1.807, 2.05) is 25.1 Å². The summed E-state index contributed by atoms with van der Waals surface area (Å²) < 4.78 is 10.4. The van der Waals surface area contributed by atoms with E-state index in [4.69, 9.17) is 9.47 Å². The molecular weight excluding hydrogens is 238 g/mol. The van der Waals surface area contributed by atoms with Crippen LogP contribution in [0.25, 0.3) is 0 Å². The molecule has 1 heterocycles. The molecule has 17 heavy (non-hydrogen) atoms. The lowest BCUT2D eigenvalue weighted by molar-refractivity contribution is -0.119. The molecule has 1 aliphatic rings. The monoisotopic (exact) mass is 253 g/mol. The Morgan fingerprint density at radius 3 is 2.47 bits per heavy atom. The molecule has 2 atom stereocenters. The number of ether oxygens (including phenoxy) is 2. The Labute approximate surface area is 105 Å². The Balaban J connectivity index is 2.25. The van der Waals surface area contributed by atoms with Crippen LogP contribution in [-0.2, 0) is 4.79 Å². The number of carbonyl (C=O) groups excluding carboxylic acids is 1. The second kappa shape index (κ2) is 4.87. The third kappa shape index (κ3) is 2.34. The van der Waals surface area contributed by atoms with Gasteiger partial charge in [0.05, 0.1) is 19.5 Å². The topological polar surface area (TPSA) is 47.6 Å². The number of thioether (sulfide) groups is 1. The molecule has 4 nitrogen and oxygen atoms in total. The van der Waals surface area contributed by atoms with Gasteiger partial charge in [0.2, 0.25) is 5.91 Å². The molecule has 1 amide bonds. The van der Waals surface area contributed by atoms with Gasteiger partial charge in [0.1, 0.15) is 5.37 Å². The summed E-state index contributed by atoms with van der Waals surface area (Å²) in [5.41, 5.74) is 1.02. The molecular formula is C12H15NO3S. The second-order valence-corrected chi connectivity index (χ2v) is 5.23. The summed E-state index contributed by atoms with van der Waals surface area (Å²) >= 11 is 1.60. The number of methoxy groups -OCH3 is 2. The highest BCUT2D eigenvalue weighted by molar-refractivity contribution is 8.01. The maximum atomic E-state index is 11.4. The standard InChI is InChI=1S/C12H15NO3S/c1-7-11(14)13-12(17-7)8-4-5-9(15-2)10(6-8)16-3/h4-7,12H,1-3H3,(H,13,14). The van der Waals surface area contributed by atoms with Crippen LogP contribution >= 0.6 is 11.8 Å². The highest BCUT2D eigenvalue weighted by atomic mass is 32.2. The molecule has 0 saturated carbocycles. The first kappa shape index (κ1) is 12.1. The van der Waals surface area contributed by atoms with E-state index < -0.39 is 0 Å². The zero-order valence-electron chi connectivity index (χ0n) is 10.0. The van der Waals surface area contributed by atoms with Crippen molar-refractivity contribution in [3.8, 4) is 11.5 Å². The third-order valence-corrected chi connectivity index (χ3v) is 3.98. The molecule has 1 aromatic carbocycles. The smallest absolute Gasteiger partial charge is 0.234 e. The predicted octanol–water partition coefficient (Wildman–Crippen LogP) is 1.95. The van der Waals surface area contributed by atoms with Crippen LogP contribution in [0.2, 0.25) is 0 Å². The molecule has 1 saturated heterocycles. The highest BCUT2D eigenvalue weighted by Gasteiger charge is 2.30. The first-order valence-corrected chi connectivity index (χ1v) is 6.27. The van der Waals surface area contributed by atoms with Crippen LogP contribution < -0.4 is 14.8 Å². The van der Waals surface area contributed by atoms with Crippen LogP contribution in [0, 0.1) is 0 Å². The average molecular weight is 253 g/mol. The van der Waals surface area contributed by atoms with E-state index in [1.165, 1.54) is 0 Å². The van der Waals surface area contributed by atoms with Crippen molar-refractivity contribution < 1.29 is 14.3 Å². The van der Waals surface area contributed by atoms with E-state index >= 15 is 0 Å². The van der Waals surface area contributed by atoms with Gasteiger partial charge in [-0.2, -0.15) is 0 Å². The molecule has 1 aliphatic heterocycles. The fraction of sp³-hybridized carbons (Fsp3) is 0.417. The lowest BCUT2D eigenvalue weighted by atomic mass is 10.2. The number of hydrogen-bond acceptors (Lipinski definition) is 4. The summed E-state index contributed by atoms with van der Waals surface area (Å²) in [4.78, 5) is 11.4. The van der Waals surface area contributed by atoms with Gasteiger partial charge in [0.15, 0.2) is 11.5 Å². The summed E-state index contributed by atoms with van der Waals surface area (Å²) in [6.07, 6.45) is 0. The van der Waals surface area contributed by atoms with Crippen molar-refractivity contribution in [2.24, 2.45) is 0 Å². The lowest BCUT2D eigenvalue weighted by Gasteiger charge is -2.13. The van der Waals surface area contributed by atoms with E-state index in [0.717, 1.165) is 5.56 Å². The molecule has 0 radical (unpaired) electrons. The molecule has 0 aliphatic carbocycles. The number of rotatable bonds is 3. The molecule has 92 valence electrons. The molecule has 2 rings (SSSR count). The SMILES string of the molecule is COc1ccc(C2NC(=O)C(C)S2)cc1OC. The minimum absolute atomic E-state index is 0.00249. The lowest BCUT2D eigenvalue weighted by Crippen LogP contribution is -2.22. The summed E-state index contributed by atoms with van der Waals surface area (Å²) in [5.74, 6) is 1.45. The number of hydrogen-bond donors (Lipinski definition) is 1. The van der Waals surface area contributed by atoms with E-state index in [0.29, 0.717) is 11.5 Å². The third-order valence-electron chi connectivity index (χ3n) is 2.69. The molecule has 5 heteroatoms. The van der Waals surface area contributed by atoms with Gasteiger partial charge in [-0.3, -0.25) is 4.79 Å². The van der Waals surface area contributed by atoms with Crippen molar-refractivity contribution in [2.45, 2.75) is 17.5 Å². The zero-order valence-corrected chi connectivity index (χ0v) is 10.8. The van der Waals surface area contributed by atoms with E-state index in [9.17, 15) is 4.79 Å². The van der Waals surface area contributed by atoms with Crippen molar-refractivity contribution in [1.29, 1.82) is 0 Å². The largest absolute Gasteiger partial charge is 0.493 e. The summed E-state index contributed by atoms with van der Waals surface area (Å²) in [5, 5.41) is 2.93. The Hall–Kier alpha value is -1.36. The Kier molecular flexibility index (Phi) is 3.47. The first-order valence-electron chi connectivity index (χ1n) is 5.33. The summed E-state index contributed by atoms with van der Waals surface area (Å²) in [6.45, 7) is 1.90. The van der Waals surface area contributed by atoms with Crippen LogP contribution in [-0.4, -0.2) is 25.4 Å². The van der Waals surface area contributed by atoms with Gasteiger partial charge < -0.3 is 14.8 Å². The molecule has 1 aromatic rings. The van der Waals surface area contributed by atoms with Gasteiger partial charge in [-0.05, 0) is 24.6 Å². The van der Waals surface area contributed by atoms with Gasteiger partial charge in [0, 0.05) is 0 Å². The number of benzene rings is 1. The minimum atomic E-state index is -0.00639. The van der Waals surface area contributed by atoms with Crippen LogP contribution in [0.15, 0.2) is 18.2 Å². The van der Waals surface area contributed by atoms with Gasteiger partial charge in [-0.1, -0.05) is 6.07 Å². The quantitative estimate of drug-likeness (QED) is 0.894. The van der Waals surface area contributed by atoms with Gasteiger partial charge in [-0.25, -0.2) is 0 Å². The van der Waals surface area contributed by atoms with E-state index in [1.54, 1.807) is 26.0 Å². The predicted molar refractivity (Wildman–Crippen MR) is 67.5 cm³/mol. The van der Waals surface area contributed by atoms with Gasteiger partial charge in [-0.15, -0.1) is 11.8 Å².